The molecule has 296 valence electrons. The van der Waals surface area contributed by atoms with E-state index in [1.807, 2.05) is 0 Å². The van der Waals surface area contributed by atoms with Gasteiger partial charge in [0.05, 0.1) is 16.8 Å². The van der Waals surface area contributed by atoms with Crippen LogP contribution in [0, 0.1) is 0 Å². The van der Waals surface area contributed by atoms with Crippen LogP contribution < -0.4 is 9.80 Å². The van der Waals surface area contributed by atoms with Crippen molar-refractivity contribution in [2.75, 3.05) is 9.80 Å². The van der Waals surface area contributed by atoms with E-state index in [9.17, 15) is 0 Å². The van der Waals surface area contributed by atoms with Gasteiger partial charge in [-0.2, -0.15) is 0 Å². The van der Waals surface area contributed by atoms with E-state index in [4.69, 9.17) is 0 Å². The van der Waals surface area contributed by atoms with Gasteiger partial charge in [0.25, 0.3) is 0 Å². The Morgan fingerprint density at radius 3 is 1.00 bits per heavy atom. The van der Waals surface area contributed by atoms with Crippen LogP contribution >= 0.6 is 0 Å². The standard InChI is InChI=1S/C61H42N2/c1-5-21-43(22-6-1)49-29-15-19-35-59(49)63(60-36-20-16-30-50(60)44-23-7-2-8-24-44)48-38-40-54-52-32-14-18-34-56(52)61(58(54)42-48)55-33-17-13-31-51(55)53-39-37-47(41-57(53)61)62(45-25-9-3-10-26-45)46-27-11-4-12-28-46/h1-42H. The van der Waals surface area contributed by atoms with Crippen LogP contribution in [0.3, 0.4) is 0 Å². The van der Waals surface area contributed by atoms with Crippen molar-refractivity contribution in [3.63, 3.8) is 0 Å². The minimum Gasteiger partial charge on any atom is -0.310 e. The molecule has 0 saturated carbocycles. The van der Waals surface area contributed by atoms with Gasteiger partial charge < -0.3 is 9.80 Å². The van der Waals surface area contributed by atoms with Gasteiger partial charge in [-0.1, -0.05) is 194 Å². The zero-order chi connectivity index (χ0) is 41.7. The van der Waals surface area contributed by atoms with E-state index in [-0.39, 0.29) is 0 Å². The van der Waals surface area contributed by atoms with Crippen LogP contribution in [0.2, 0.25) is 0 Å². The minimum absolute atomic E-state index is 0.577. The van der Waals surface area contributed by atoms with Crippen LogP contribution in [-0.2, 0) is 5.41 Å². The Balaban J connectivity index is 1.14. The third-order valence-electron chi connectivity index (χ3n) is 13.1. The Kier molecular flexibility index (Phi) is 8.76. The molecule has 0 radical (unpaired) electrons. The molecule has 0 bridgehead atoms. The minimum atomic E-state index is -0.577. The SMILES string of the molecule is c1ccc(-c2ccccc2N(c2ccc3c(c2)C2(c4ccccc4-c4ccc(N(c5ccccc5)c5ccccc5)cc42)c2ccccc2-3)c2ccccc2-c2ccccc2)cc1. The monoisotopic (exact) mass is 802 g/mol. The zero-order valence-corrected chi connectivity index (χ0v) is 34.6. The highest BCUT2D eigenvalue weighted by Gasteiger charge is 2.52. The third kappa shape index (κ3) is 5.80. The third-order valence-corrected chi connectivity index (χ3v) is 13.1. The molecule has 2 aliphatic carbocycles. The van der Waals surface area contributed by atoms with Gasteiger partial charge in [-0.3, -0.25) is 0 Å². The summed E-state index contributed by atoms with van der Waals surface area (Å²) in [6.07, 6.45) is 0. The van der Waals surface area contributed by atoms with Crippen LogP contribution in [0.25, 0.3) is 44.5 Å². The molecule has 0 fully saturated rings. The maximum Gasteiger partial charge on any atom is 0.0727 e. The number of hydrogen-bond donors (Lipinski definition) is 0. The van der Waals surface area contributed by atoms with Crippen LogP contribution in [-0.4, -0.2) is 0 Å². The molecule has 0 saturated heterocycles. The molecule has 0 amide bonds. The highest BCUT2D eigenvalue weighted by Crippen LogP contribution is 2.64. The smallest absolute Gasteiger partial charge is 0.0727 e. The largest absolute Gasteiger partial charge is 0.310 e. The first kappa shape index (κ1) is 36.6. The lowest BCUT2D eigenvalue weighted by molar-refractivity contribution is 0.793. The van der Waals surface area contributed by atoms with Crippen LogP contribution in [0.4, 0.5) is 34.1 Å². The second-order valence-electron chi connectivity index (χ2n) is 16.4. The van der Waals surface area contributed by atoms with Gasteiger partial charge in [0.1, 0.15) is 0 Å². The summed E-state index contributed by atoms with van der Waals surface area (Å²) < 4.78 is 0. The van der Waals surface area contributed by atoms with Crippen LogP contribution in [0.5, 0.6) is 0 Å². The number of rotatable bonds is 8. The van der Waals surface area contributed by atoms with Gasteiger partial charge in [0, 0.05) is 33.9 Å². The van der Waals surface area contributed by atoms with Crippen molar-refractivity contribution in [3.8, 4) is 44.5 Å². The van der Waals surface area contributed by atoms with Gasteiger partial charge in [-0.15, -0.1) is 0 Å². The maximum absolute atomic E-state index is 2.50. The van der Waals surface area contributed by atoms with Crippen molar-refractivity contribution in [2.45, 2.75) is 5.41 Å². The average molecular weight is 803 g/mol. The molecule has 2 heteroatoms. The molecule has 2 nitrogen and oxygen atoms in total. The molecule has 63 heavy (non-hydrogen) atoms. The van der Waals surface area contributed by atoms with Gasteiger partial charge in [-0.05, 0) is 116 Å². The van der Waals surface area contributed by atoms with Crippen molar-refractivity contribution >= 4 is 34.1 Å². The summed E-state index contributed by atoms with van der Waals surface area (Å²) in [7, 11) is 0. The number of anilines is 6. The number of benzene rings is 10. The normalized spacial score (nSPS) is 14.1. The summed E-state index contributed by atoms with van der Waals surface area (Å²) in [6, 6.07) is 93.3. The fourth-order valence-electron chi connectivity index (χ4n) is 10.5. The van der Waals surface area contributed by atoms with E-state index in [0.29, 0.717) is 0 Å². The van der Waals surface area contributed by atoms with E-state index in [1.165, 1.54) is 66.8 Å². The highest BCUT2D eigenvalue weighted by molar-refractivity contribution is 5.99. The van der Waals surface area contributed by atoms with Crippen molar-refractivity contribution < 1.29 is 0 Å². The first-order chi connectivity index (χ1) is 31.3. The summed E-state index contributed by atoms with van der Waals surface area (Å²) in [4.78, 5) is 4.88. The predicted octanol–water partition coefficient (Wildman–Crippen LogP) is 16.3. The van der Waals surface area contributed by atoms with Crippen LogP contribution in [0.1, 0.15) is 22.3 Å². The van der Waals surface area contributed by atoms with E-state index < -0.39 is 5.41 Å². The highest BCUT2D eigenvalue weighted by atomic mass is 15.2. The number of nitrogens with zero attached hydrogens (tertiary/aromatic N) is 2. The fourth-order valence-corrected chi connectivity index (χ4v) is 10.5. The summed E-state index contributed by atoms with van der Waals surface area (Å²) in [5, 5.41) is 0. The Morgan fingerprint density at radius 1 is 0.222 bits per heavy atom. The first-order valence-electron chi connectivity index (χ1n) is 21.8. The van der Waals surface area contributed by atoms with E-state index in [2.05, 4.69) is 265 Å². The lowest BCUT2D eigenvalue weighted by atomic mass is 9.70. The maximum atomic E-state index is 2.50. The Bertz CT molecular complexity index is 3150. The molecule has 0 heterocycles. The molecule has 10 aromatic carbocycles. The van der Waals surface area contributed by atoms with Crippen molar-refractivity contribution in [1.29, 1.82) is 0 Å². The summed E-state index contributed by atoms with van der Waals surface area (Å²) in [5.41, 5.74) is 21.1. The van der Waals surface area contributed by atoms with E-state index in [0.717, 1.165) is 34.1 Å². The second-order valence-corrected chi connectivity index (χ2v) is 16.4. The molecule has 0 aliphatic heterocycles. The van der Waals surface area contributed by atoms with Crippen molar-refractivity contribution in [1.82, 2.24) is 0 Å². The summed E-state index contributed by atoms with van der Waals surface area (Å²) in [5.74, 6) is 0. The number of fused-ring (bicyclic) bond motifs is 10. The second kappa shape index (κ2) is 15.1. The molecule has 0 N–H and O–H groups in total. The number of para-hydroxylation sites is 4. The van der Waals surface area contributed by atoms with Gasteiger partial charge >= 0.3 is 0 Å². The van der Waals surface area contributed by atoms with Crippen molar-refractivity contribution in [3.05, 3.63) is 277 Å². The van der Waals surface area contributed by atoms with Crippen LogP contribution in [0.15, 0.2) is 255 Å². The molecule has 10 aromatic rings. The predicted molar refractivity (Wildman–Crippen MR) is 263 cm³/mol. The molecule has 1 spiro atoms. The number of hydrogen-bond acceptors (Lipinski definition) is 2. The van der Waals surface area contributed by atoms with Gasteiger partial charge in [-0.25, -0.2) is 0 Å². The summed E-state index contributed by atoms with van der Waals surface area (Å²) in [6.45, 7) is 0. The molecule has 1 unspecified atom stereocenters. The van der Waals surface area contributed by atoms with Crippen molar-refractivity contribution in [2.24, 2.45) is 0 Å². The molecule has 1 atom stereocenters. The summed E-state index contributed by atoms with van der Waals surface area (Å²) >= 11 is 0. The quantitative estimate of drug-likeness (QED) is 0.151. The Morgan fingerprint density at radius 2 is 0.556 bits per heavy atom. The van der Waals surface area contributed by atoms with Gasteiger partial charge in [0.15, 0.2) is 0 Å². The molecular weight excluding hydrogens is 761 g/mol. The zero-order valence-electron chi connectivity index (χ0n) is 34.6. The lowest BCUT2D eigenvalue weighted by Crippen LogP contribution is -2.26. The Labute approximate surface area is 369 Å². The van der Waals surface area contributed by atoms with Gasteiger partial charge in [0.2, 0.25) is 0 Å². The molecule has 0 aromatic heterocycles. The molecule has 2 aliphatic rings. The molecule has 12 rings (SSSR count). The first-order valence-corrected chi connectivity index (χ1v) is 21.8. The molecular formula is C61H42N2. The average Bonchev–Trinajstić information content (AvgIpc) is 3.82. The topological polar surface area (TPSA) is 6.48 Å². The Hall–Kier alpha value is -8.20. The lowest BCUT2D eigenvalue weighted by Gasteiger charge is -2.34. The van der Waals surface area contributed by atoms with E-state index in [1.54, 1.807) is 0 Å². The fraction of sp³-hybridized carbons (Fsp3) is 0.0164. The van der Waals surface area contributed by atoms with E-state index >= 15 is 0 Å².